The second kappa shape index (κ2) is 4.93. The van der Waals surface area contributed by atoms with Crippen LogP contribution in [0, 0.1) is 0 Å². The van der Waals surface area contributed by atoms with Crippen LogP contribution in [0.15, 0.2) is 22.7 Å². The Balaban J connectivity index is 3.02. The molecule has 0 unspecified atom stereocenters. The largest absolute Gasteiger partial charge is 0.424 e. The van der Waals surface area contributed by atoms with Crippen LogP contribution in [0.5, 0.6) is 5.75 Å². The van der Waals surface area contributed by atoms with Gasteiger partial charge in [0.25, 0.3) is 0 Å². The molecule has 0 saturated carbocycles. The first-order valence-corrected chi connectivity index (χ1v) is 5.04. The molecule has 0 heterocycles. The lowest BCUT2D eigenvalue weighted by Crippen LogP contribution is -2.09. The zero-order valence-electron chi connectivity index (χ0n) is 8.33. The number of rotatable bonds is 2. The number of esters is 1. The fourth-order valence-corrected chi connectivity index (χ4v) is 1.37. The number of hydrogen-bond acceptors (Lipinski definition) is 3. The van der Waals surface area contributed by atoms with Gasteiger partial charge in [-0.05, 0) is 18.2 Å². The van der Waals surface area contributed by atoms with E-state index in [4.69, 9.17) is 4.74 Å². The molecule has 80 valence electrons. The lowest BCUT2D eigenvalue weighted by molar-refractivity contribution is -0.131. The Morgan fingerprint density at radius 1 is 1.33 bits per heavy atom. The Kier molecular flexibility index (Phi) is 3.85. The van der Waals surface area contributed by atoms with Crippen molar-refractivity contribution in [2.75, 3.05) is 5.32 Å². The van der Waals surface area contributed by atoms with E-state index in [1.807, 2.05) is 0 Å². The molecule has 1 rings (SSSR count). The van der Waals surface area contributed by atoms with Crippen molar-refractivity contribution >= 4 is 33.5 Å². The highest BCUT2D eigenvalue weighted by Crippen LogP contribution is 2.28. The van der Waals surface area contributed by atoms with Gasteiger partial charge in [0.15, 0.2) is 5.75 Å². The Labute approximate surface area is 95.7 Å². The minimum absolute atomic E-state index is 0.217. The molecular formula is C10H10BrNO3. The molecule has 0 atom stereocenters. The van der Waals surface area contributed by atoms with Crippen molar-refractivity contribution in [3.63, 3.8) is 0 Å². The number of hydrogen-bond donors (Lipinski definition) is 1. The van der Waals surface area contributed by atoms with E-state index in [1.54, 1.807) is 18.2 Å². The van der Waals surface area contributed by atoms with Gasteiger partial charge < -0.3 is 10.1 Å². The van der Waals surface area contributed by atoms with Gasteiger partial charge in [0, 0.05) is 18.3 Å². The Morgan fingerprint density at radius 3 is 2.53 bits per heavy atom. The van der Waals surface area contributed by atoms with Crippen LogP contribution in [-0.2, 0) is 9.59 Å². The number of nitrogens with one attached hydrogen (secondary N) is 1. The molecule has 1 aromatic rings. The molecule has 15 heavy (non-hydrogen) atoms. The summed E-state index contributed by atoms with van der Waals surface area (Å²) >= 11 is 3.25. The van der Waals surface area contributed by atoms with Gasteiger partial charge in [-0.15, -0.1) is 0 Å². The van der Waals surface area contributed by atoms with Gasteiger partial charge in [-0.1, -0.05) is 15.9 Å². The van der Waals surface area contributed by atoms with Crippen LogP contribution in [0.2, 0.25) is 0 Å². The monoisotopic (exact) mass is 271 g/mol. The summed E-state index contributed by atoms with van der Waals surface area (Å²) in [6, 6.07) is 5.02. The first kappa shape index (κ1) is 11.7. The number of carbonyl (C=O) groups excluding carboxylic acids is 2. The molecule has 0 aromatic heterocycles. The van der Waals surface area contributed by atoms with Crippen molar-refractivity contribution < 1.29 is 14.3 Å². The maximum Gasteiger partial charge on any atom is 0.308 e. The molecule has 0 aliphatic rings. The number of carbonyl (C=O) groups is 2. The van der Waals surface area contributed by atoms with E-state index in [0.717, 1.165) is 4.47 Å². The second-order valence-electron chi connectivity index (χ2n) is 2.92. The van der Waals surface area contributed by atoms with Crippen molar-refractivity contribution in [1.82, 2.24) is 0 Å². The Hall–Kier alpha value is -1.36. The van der Waals surface area contributed by atoms with Gasteiger partial charge in [-0.2, -0.15) is 0 Å². The maximum atomic E-state index is 10.9. The third-order valence-electron chi connectivity index (χ3n) is 1.51. The van der Waals surface area contributed by atoms with Crippen molar-refractivity contribution in [3.8, 4) is 5.75 Å². The van der Waals surface area contributed by atoms with Crippen molar-refractivity contribution in [2.24, 2.45) is 0 Å². The van der Waals surface area contributed by atoms with E-state index in [0.29, 0.717) is 11.4 Å². The van der Waals surface area contributed by atoms with E-state index < -0.39 is 5.97 Å². The maximum absolute atomic E-state index is 10.9. The summed E-state index contributed by atoms with van der Waals surface area (Å²) in [4.78, 5) is 21.7. The summed E-state index contributed by atoms with van der Waals surface area (Å²) in [7, 11) is 0. The second-order valence-corrected chi connectivity index (χ2v) is 3.83. The van der Waals surface area contributed by atoms with Crippen molar-refractivity contribution in [2.45, 2.75) is 13.8 Å². The van der Waals surface area contributed by atoms with Gasteiger partial charge in [0.2, 0.25) is 5.91 Å². The molecule has 0 saturated heterocycles. The molecule has 0 aliphatic carbocycles. The SMILES string of the molecule is CC(=O)Nc1ccc(Br)cc1OC(C)=O. The summed E-state index contributed by atoms with van der Waals surface area (Å²) in [6.45, 7) is 2.69. The Bertz CT molecular complexity index is 404. The highest BCUT2D eigenvalue weighted by atomic mass is 79.9. The summed E-state index contributed by atoms with van der Waals surface area (Å²) in [5, 5.41) is 2.57. The third-order valence-corrected chi connectivity index (χ3v) is 2.00. The van der Waals surface area contributed by atoms with E-state index in [-0.39, 0.29) is 5.91 Å². The average Bonchev–Trinajstić information content (AvgIpc) is 2.08. The van der Waals surface area contributed by atoms with E-state index in [2.05, 4.69) is 21.2 Å². The molecule has 1 aromatic carbocycles. The Morgan fingerprint density at radius 2 is 2.00 bits per heavy atom. The van der Waals surface area contributed by atoms with Gasteiger partial charge in [0.1, 0.15) is 0 Å². The third kappa shape index (κ3) is 3.71. The molecule has 0 radical (unpaired) electrons. The molecule has 1 amide bonds. The average molecular weight is 272 g/mol. The lowest BCUT2D eigenvalue weighted by atomic mass is 10.3. The first-order valence-electron chi connectivity index (χ1n) is 4.24. The van der Waals surface area contributed by atoms with Crippen LogP contribution in [0.4, 0.5) is 5.69 Å². The van der Waals surface area contributed by atoms with Crippen molar-refractivity contribution in [1.29, 1.82) is 0 Å². The predicted octanol–water partition coefficient (Wildman–Crippen LogP) is 2.33. The van der Waals surface area contributed by atoms with Crippen LogP contribution in [0.3, 0.4) is 0 Å². The minimum atomic E-state index is -0.431. The summed E-state index contributed by atoms with van der Waals surface area (Å²) in [5.74, 6) is -0.322. The molecule has 0 spiro atoms. The van der Waals surface area contributed by atoms with E-state index in [1.165, 1.54) is 13.8 Å². The summed E-state index contributed by atoms with van der Waals surface area (Å²) in [5.41, 5.74) is 0.473. The predicted molar refractivity (Wildman–Crippen MR) is 59.8 cm³/mol. The summed E-state index contributed by atoms with van der Waals surface area (Å²) < 4.78 is 5.71. The van der Waals surface area contributed by atoms with Gasteiger partial charge in [0.05, 0.1) is 5.69 Å². The fraction of sp³-hybridized carbons (Fsp3) is 0.200. The number of halogens is 1. The number of amides is 1. The number of ether oxygens (including phenoxy) is 1. The highest BCUT2D eigenvalue weighted by Gasteiger charge is 2.07. The van der Waals surface area contributed by atoms with E-state index in [9.17, 15) is 9.59 Å². The van der Waals surface area contributed by atoms with Gasteiger partial charge in [-0.3, -0.25) is 9.59 Å². The normalized spacial score (nSPS) is 9.53. The van der Waals surface area contributed by atoms with Crippen LogP contribution in [0.25, 0.3) is 0 Å². The zero-order chi connectivity index (χ0) is 11.4. The van der Waals surface area contributed by atoms with Gasteiger partial charge >= 0.3 is 5.97 Å². The highest BCUT2D eigenvalue weighted by molar-refractivity contribution is 9.10. The number of anilines is 1. The molecule has 5 heteroatoms. The molecule has 0 bridgehead atoms. The van der Waals surface area contributed by atoms with Crippen LogP contribution in [0.1, 0.15) is 13.8 Å². The first-order chi connectivity index (χ1) is 6.99. The summed E-state index contributed by atoms with van der Waals surface area (Å²) in [6.07, 6.45) is 0. The molecule has 1 N–H and O–H groups in total. The minimum Gasteiger partial charge on any atom is -0.424 e. The quantitative estimate of drug-likeness (QED) is 0.664. The topological polar surface area (TPSA) is 55.4 Å². The van der Waals surface area contributed by atoms with Gasteiger partial charge in [-0.25, -0.2) is 0 Å². The van der Waals surface area contributed by atoms with Crippen molar-refractivity contribution in [3.05, 3.63) is 22.7 Å². The standard InChI is InChI=1S/C10H10BrNO3/c1-6(13)12-9-4-3-8(11)5-10(9)15-7(2)14/h3-5H,1-2H3,(H,12,13). The molecular weight excluding hydrogens is 262 g/mol. The molecule has 0 fully saturated rings. The van der Waals surface area contributed by atoms with Crippen LogP contribution >= 0.6 is 15.9 Å². The molecule has 0 aliphatic heterocycles. The van der Waals surface area contributed by atoms with E-state index >= 15 is 0 Å². The zero-order valence-corrected chi connectivity index (χ0v) is 9.92. The van der Waals surface area contributed by atoms with Crippen LogP contribution in [-0.4, -0.2) is 11.9 Å². The van der Waals surface area contributed by atoms with Crippen LogP contribution < -0.4 is 10.1 Å². The lowest BCUT2D eigenvalue weighted by Gasteiger charge is -2.09. The fourth-order valence-electron chi connectivity index (χ4n) is 1.03. The smallest absolute Gasteiger partial charge is 0.308 e. The number of benzene rings is 1. The molecule has 4 nitrogen and oxygen atoms in total.